The van der Waals surface area contributed by atoms with Crippen LogP contribution in [-0.2, 0) is 6.42 Å². The van der Waals surface area contributed by atoms with Gasteiger partial charge < -0.3 is 0 Å². The van der Waals surface area contributed by atoms with E-state index in [1.165, 1.54) is 5.56 Å². The zero-order valence-corrected chi connectivity index (χ0v) is 12.6. The van der Waals surface area contributed by atoms with E-state index in [2.05, 4.69) is 48.9 Å². The Morgan fingerprint density at radius 3 is 2.32 bits per heavy atom. The van der Waals surface area contributed by atoms with Gasteiger partial charge in [0, 0.05) is 23.7 Å². The van der Waals surface area contributed by atoms with Crippen molar-refractivity contribution in [2.75, 3.05) is 0 Å². The Balaban J connectivity index is 0.000000861. The molecule has 2 rings (SSSR count). The molecule has 0 spiro atoms. The lowest BCUT2D eigenvalue weighted by atomic mass is 10.1. The summed E-state index contributed by atoms with van der Waals surface area (Å²) >= 11 is 0. The number of nitrogens with zero attached hydrogens (tertiary/aromatic N) is 2. The maximum absolute atomic E-state index is 4.50. The highest BCUT2D eigenvalue weighted by atomic mass is 14.7. The summed E-state index contributed by atoms with van der Waals surface area (Å²) in [5.74, 6) is 0.643. The molecule has 0 saturated heterocycles. The van der Waals surface area contributed by atoms with Crippen molar-refractivity contribution in [3.63, 3.8) is 0 Å². The summed E-state index contributed by atoms with van der Waals surface area (Å²) in [4.78, 5) is 8.90. The number of hydrogen-bond donors (Lipinski definition) is 0. The second-order valence-electron chi connectivity index (χ2n) is 4.81. The molecule has 2 nitrogen and oxygen atoms in total. The molecular weight excluding hydrogens is 232 g/mol. The minimum atomic E-state index is 0.643. The second-order valence-corrected chi connectivity index (χ2v) is 4.81. The minimum absolute atomic E-state index is 0.643. The zero-order chi connectivity index (χ0) is 14.3. The Labute approximate surface area is 116 Å². The molecule has 2 aromatic rings. The van der Waals surface area contributed by atoms with Gasteiger partial charge in [-0.1, -0.05) is 33.8 Å². The fourth-order valence-corrected chi connectivity index (χ4v) is 1.89. The van der Waals surface area contributed by atoms with E-state index in [-0.39, 0.29) is 0 Å². The first kappa shape index (κ1) is 15.4. The molecule has 0 bridgehead atoms. The molecule has 0 aliphatic rings. The molecule has 0 N–H and O–H groups in total. The SMILES string of the molecule is CC.Cc1cccnc1-c1ccc(CC(C)C)nc1. The van der Waals surface area contributed by atoms with E-state index >= 15 is 0 Å². The van der Waals surface area contributed by atoms with E-state index in [1.807, 2.05) is 32.3 Å². The average molecular weight is 256 g/mol. The third kappa shape index (κ3) is 4.47. The second kappa shape index (κ2) is 7.67. The van der Waals surface area contributed by atoms with Gasteiger partial charge in [0.15, 0.2) is 0 Å². The lowest BCUT2D eigenvalue weighted by molar-refractivity contribution is 0.635. The van der Waals surface area contributed by atoms with Crippen LogP contribution in [0.5, 0.6) is 0 Å². The van der Waals surface area contributed by atoms with Gasteiger partial charge in [0.25, 0.3) is 0 Å². The number of rotatable bonds is 3. The molecule has 2 heterocycles. The molecule has 0 unspecified atom stereocenters. The average Bonchev–Trinajstić information content (AvgIpc) is 2.42. The normalized spacial score (nSPS) is 10.0. The van der Waals surface area contributed by atoms with Crippen molar-refractivity contribution in [2.45, 2.75) is 41.0 Å². The molecular formula is C17H24N2. The van der Waals surface area contributed by atoms with Crippen LogP contribution in [-0.4, -0.2) is 9.97 Å². The van der Waals surface area contributed by atoms with E-state index < -0.39 is 0 Å². The predicted molar refractivity (Wildman–Crippen MR) is 82.1 cm³/mol. The number of aromatic nitrogens is 2. The number of aryl methyl sites for hydroxylation is 1. The Kier molecular flexibility index (Phi) is 6.20. The molecule has 0 fully saturated rings. The van der Waals surface area contributed by atoms with Gasteiger partial charge in [-0.25, -0.2) is 0 Å². The van der Waals surface area contributed by atoms with Crippen molar-refractivity contribution in [1.82, 2.24) is 9.97 Å². The third-order valence-electron chi connectivity index (χ3n) is 2.73. The maximum Gasteiger partial charge on any atom is 0.0746 e. The fraction of sp³-hybridized carbons (Fsp3) is 0.412. The summed E-state index contributed by atoms with van der Waals surface area (Å²) < 4.78 is 0. The molecule has 102 valence electrons. The summed E-state index contributed by atoms with van der Waals surface area (Å²) in [6.45, 7) is 10.5. The highest BCUT2D eigenvalue weighted by molar-refractivity contribution is 5.61. The van der Waals surface area contributed by atoms with Crippen molar-refractivity contribution in [3.05, 3.63) is 47.9 Å². The standard InChI is InChI=1S/C15H18N2.C2H6/c1-11(2)9-14-7-6-13(10-17-14)15-12(3)5-4-8-16-15;1-2/h4-8,10-11H,9H2,1-3H3;1-2H3. The minimum Gasteiger partial charge on any atom is -0.261 e. The first-order valence-electron chi connectivity index (χ1n) is 7.03. The van der Waals surface area contributed by atoms with Crippen LogP contribution in [0.15, 0.2) is 36.7 Å². The largest absolute Gasteiger partial charge is 0.261 e. The molecule has 0 amide bonds. The summed E-state index contributed by atoms with van der Waals surface area (Å²) in [7, 11) is 0. The molecule has 0 aromatic carbocycles. The molecule has 0 aliphatic heterocycles. The third-order valence-corrected chi connectivity index (χ3v) is 2.73. The van der Waals surface area contributed by atoms with Crippen LogP contribution in [0.25, 0.3) is 11.3 Å². The van der Waals surface area contributed by atoms with Gasteiger partial charge in [0.2, 0.25) is 0 Å². The van der Waals surface area contributed by atoms with Gasteiger partial charge in [-0.05, 0) is 43.0 Å². The van der Waals surface area contributed by atoms with Crippen molar-refractivity contribution in [2.24, 2.45) is 5.92 Å². The van der Waals surface area contributed by atoms with Crippen LogP contribution >= 0.6 is 0 Å². The van der Waals surface area contributed by atoms with Gasteiger partial charge in [-0.2, -0.15) is 0 Å². The van der Waals surface area contributed by atoms with Gasteiger partial charge in [-0.15, -0.1) is 0 Å². The topological polar surface area (TPSA) is 25.8 Å². The quantitative estimate of drug-likeness (QED) is 0.797. The van der Waals surface area contributed by atoms with E-state index in [0.717, 1.165) is 23.4 Å². The summed E-state index contributed by atoms with van der Waals surface area (Å²) in [6.07, 6.45) is 4.78. The van der Waals surface area contributed by atoms with Crippen LogP contribution in [0, 0.1) is 12.8 Å². The predicted octanol–water partition coefficient (Wildman–Crippen LogP) is 4.68. The zero-order valence-electron chi connectivity index (χ0n) is 12.6. The van der Waals surface area contributed by atoms with Crippen LogP contribution in [0.3, 0.4) is 0 Å². The van der Waals surface area contributed by atoms with Gasteiger partial charge in [-0.3, -0.25) is 9.97 Å². The van der Waals surface area contributed by atoms with E-state index in [9.17, 15) is 0 Å². The first-order chi connectivity index (χ1) is 9.16. The van der Waals surface area contributed by atoms with Crippen molar-refractivity contribution >= 4 is 0 Å². The lowest BCUT2D eigenvalue weighted by Gasteiger charge is -2.07. The molecule has 0 radical (unpaired) electrons. The van der Waals surface area contributed by atoms with Gasteiger partial charge in [0.05, 0.1) is 5.69 Å². The van der Waals surface area contributed by atoms with Crippen molar-refractivity contribution in [1.29, 1.82) is 0 Å². The molecule has 19 heavy (non-hydrogen) atoms. The van der Waals surface area contributed by atoms with Crippen molar-refractivity contribution < 1.29 is 0 Å². The van der Waals surface area contributed by atoms with Crippen LogP contribution in [0.2, 0.25) is 0 Å². The summed E-state index contributed by atoms with van der Waals surface area (Å²) in [5, 5.41) is 0. The van der Waals surface area contributed by atoms with Crippen LogP contribution < -0.4 is 0 Å². The van der Waals surface area contributed by atoms with E-state index in [4.69, 9.17) is 0 Å². The highest BCUT2D eigenvalue weighted by Crippen LogP contribution is 2.20. The summed E-state index contributed by atoms with van der Waals surface area (Å²) in [6, 6.07) is 8.24. The Bertz CT molecular complexity index is 487. The Hall–Kier alpha value is -1.70. The first-order valence-corrected chi connectivity index (χ1v) is 7.03. The smallest absolute Gasteiger partial charge is 0.0746 e. The van der Waals surface area contributed by atoms with Crippen molar-refractivity contribution in [3.8, 4) is 11.3 Å². The molecule has 0 atom stereocenters. The highest BCUT2D eigenvalue weighted by Gasteiger charge is 2.04. The fourth-order valence-electron chi connectivity index (χ4n) is 1.89. The molecule has 0 aliphatic carbocycles. The maximum atomic E-state index is 4.50. The Morgan fingerprint density at radius 1 is 1.05 bits per heavy atom. The van der Waals surface area contributed by atoms with E-state index in [1.54, 1.807) is 0 Å². The lowest BCUT2D eigenvalue weighted by Crippen LogP contribution is -1.97. The van der Waals surface area contributed by atoms with Crippen LogP contribution in [0.4, 0.5) is 0 Å². The molecule has 0 saturated carbocycles. The molecule has 2 aromatic heterocycles. The Morgan fingerprint density at radius 2 is 1.79 bits per heavy atom. The monoisotopic (exact) mass is 256 g/mol. The summed E-state index contributed by atoms with van der Waals surface area (Å²) in [5.41, 5.74) is 4.45. The van der Waals surface area contributed by atoms with Gasteiger partial charge >= 0.3 is 0 Å². The number of pyridine rings is 2. The van der Waals surface area contributed by atoms with E-state index in [0.29, 0.717) is 5.92 Å². The van der Waals surface area contributed by atoms with Crippen LogP contribution in [0.1, 0.15) is 39.0 Å². The molecule has 2 heteroatoms. The van der Waals surface area contributed by atoms with Gasteiger partial charge in [0.1, 0.15) is 0 Å². The number of hydrogen-bond acceptors (Lipinski definition) is 2.